The highest BCUT2D eigenvalue weighted by Crippen LogP contribution is 2.31. The fourth-order valence-corrected chi connectivity index (χ4v) is 3.81. The highest BCUT2D eigenvalue weighted by molar-refractivity contribution is 9.10. The zero-order valence-electron chi connectivity index (χ0n) is 14.2. The van der Waals surface area contributed by atoms with Crippen molar-refractivity contribution in [3.8, 4) is 0 Å². The second-order valence-electron chi connectivity index (χ2n) is 6.65. The molecule has 1 aliphatic heterocycles. The first-order valence-electron chi connectivity index (χ1n) is 8.61. The van der Waals surface area contributed by atoms with E-state index < -0.39 is 0 Å². The summed E-state index contributed by atoms with van der Waals surface area (Å²) < 4.78 is 2.75. The Morgan fingerprint density at radius 3 is 2.68 bits per heavy atom. The molecule has 1 saturated heterocycles. The molecule has 25 heavy (non-hydrogen) atoms. The highest BCUT2D eigenvalue weighted by atomic mass is 79.9. The van der Waals surface area contributed by atoms with Crippen molar-refractivity contribution in [2.24, 2.45) is 0 Å². The molecule has 1 aliphatic rings. The molecule has 1 aromatic carbocycles. The Labute approximate surface area is 155 Å². The van der Waals surface area contributed by atoms with Gasteiger partial charge in [0.2, 0.25) is 0 Å². The summed E-state index contributed by atoms with van der Waals surface area (Å²) in [5.74, 6) is 1.37. The van der Waals surface area contributed by atoms with Crippen LogP contribution in [0.5, 0.6) is 0 Å². The number of rotatable bonds is 2. The van der Waals surface area contributed by atoms with Crippen LogP contribution in [0.25, 0.3) is 5.65 Å². The first-order valence-corrected chi connectivity index (χ1v) is 9.40. The molecule has 3 aromatic rings. The van der Waals surface area contributed by atoms with E-state index in [1.165, 1.54) is 11.1 Å². The van der Waals surface area contributed by atoms with Crippen LogP contribution in [0, 0.1) is 6.92 Å². The fourth-order valence-electron chi connectivity index (χ4n) is 3.57. The number of pyridine rings is 1. The predicted molar refractivity (Wildman–Crippen MR) is 105 cm³/mol. The smallest absolute Gasteiger partial charge is 0.259 e. The van der Waals surface area contributed by atoms with E-state index in [4.69, 9.17) is 0 Å². The number of halogens is 1. The Kier molecular flexibility index (Phi) is 4.34. The van der Waals surface area contributed by atoms with Crippen LogP contribution in [0.3, 0.4) is 0 Å². The maximum absolute atomic E-state index is 12.3. The van der Waals surface area contributed by atoms with Gasteiger partial charge in [-0.15, -0.1) is 0 Å². The lowest BCUT2D eigenvalue weighted by Crippen LogP contribution is -2.34. The zero-order valence-corrected chi connectivity index (χ0v) is 15.7. The molecule has 4 nitrogen and oxygen atoms in total. The van der Waals surface area contributed by atoms with Gasteiger partial charge in [0.05, 0.1) is 0 Å². The normalized spacial score (nSPS) is 15.7. The van der Waals surface area contributed by atoms with Crippen molar-refractivity contribution in [2.45, 2.75) is 25.7 Å². The lowest BCUT2D eigenvalue weighted by atomic mass is 9.89. The number of aromatic nitrogens is 2. The van der Waals surface area contributed by atoms with Gasteiger partial charge in [0.1, 0.15) is 11.5 Å². The Balaban J connectivity index is 1.54. The van der Waals surface area contributed by atoms with Gasteiger partial charge in [0, 0.05) is 29.8 Å². The molecule has 0 amide bonds. The van der Waals surface area contributed by atoms with Gasteiger partial charge >= 0.3 is 0 Å². The summed E-state index contributed by atoms with van der Waals surface area (Å²) in [6, 6.07) is 13.9. The first kappa shape index (κ1) is 16.3. The monoisotopic (exact) mass is 397 g/mol. The minimum atomic E-state index is -0.0220. The molecule has 5 heteroatoms. The van der Waals surface area contributed by atoms with E-state index in [-0.39, 0.29) is 5.56 Å². The number of piperidine rings is 1. The van der Waals surface area contributed by atoms with Crippen molar-refractivity contribution >= 4 is 27.4 Å². The van der Waals surface area contributed by atoms with E-state index in [9.17, 15) is 4.79 Å². The van der Waals surface area contributed by atoms with E-state index in [0.717, 1.165) is 36.2 Å². The van der Waals surface area contributed by atoms with Crippen LogP contribution in [0.2, 0.25) is 0 Å². The highest BCUT2D eigenvalue weighted by Gasteiger charge is 2.22. The summed E-state index contributed by atoms with van der Waals surface area (Å²) >= 11 is 3.57. The van der Waals surface area contributed by atoms with Crippen molar-refractivity contribution in [3.05, 3.63) is 74.6 Å². The van der Waals surface area contributed by atoms with E-state index in [1.54, 1.807) is 16.7 Å². The van der Waals surface area contributed by atoms with Crippen molar-refractivity contribution < 1.29 is 0 Å². The molecule has 4 rings (SSSR count). The SMILES string of the molecule is Cc1cc(C2CCN(c3cc(=O)n4ccccc4n3)CC2)ccc1Br. The molecular formula is C20H20BrN3O. The molecule has 3 heterocycles. The molecule has 1 fully saturated rings. The number of hydrogen-bond acceptors (Lipinski definition) is 3. The molecule has 0 aliphatic carbocycles. The third kappa shape index (κ3) is 3.21. The molecule has 128 valence electrons. The van der Waals surface area contributed by atoms with Crippen LogP contribution >= 0.6 is 15.9 Å². The van der Waals surface area contributed by atoms with Gasteiger partial charge in [-0.3, -0.25) is 9.20 Å². The minimum Gasteiger partial charge on any atom is -0.356 e. The second-order valence-corrected chi connectivity index (χ2v) is 7.51. The lowest BCUT2D eigenvalue weighted by molar-refractivity contribution is 0.502. The van der Waals surface area contributed by atoms with Gasteiger partial charge in [-0.2, -0.15) is 0 Å². The quantitative estimate of drug-likeness (QED) is 0.651. The van der Waals surface area contributed by atoms with Gasteiger partial charge in [0.25, 0.3) is 5.56 Å². The number of benzene rings is 1. The summed E-state index contributed by atoms with van der Waals surface area (Å²) in [5, 5.41) is 0. The fraction of sp³-hybridized carbons (Fsp3) is 0.300. The minimum absolute atomic E-state index is 0.0220. The molecular weight excluding hydrogens is 378 g/mol. The van der Waals surface area contributed by atoms with Crippen molar-refractivity contribution in [1.82, 2.24) is 9.38 Å². The van der Waals surface area contributed by atoms with Crippen LogP contribution in [-0.4, -0.2) is 22.5 Å². The van der Waals surface area contributed by atoms with Crippen LogP contribution < -0.4 is 10.5 Å². The standard InChI is InChI=1S/C20H20BrN3O/c1-14-12-16(5-6-17(14)21)15-7-10-23(11-8-15)19-13-20(25)24-9-3-2-4-18(24)22-19/h2-6,9,12-13,15H,7-8,10-11H2,1H3. The predicted octanol–water partition coefficient (Wildman–Crippen LogP) is 4.15. The van der Waals surface area contributed by atoms with Gasteiger partial charge in [-0.25, -0.2) is 4.98 Å². The Morgan fingerprint density at radius 2 is 1.92 bits per heavy atom. The van der Waals surface area contributed by atoms with Crippen LogP contribution in [0.15, 0.2) is 57.9 Å². The van der Waals surface area contributed by atoms with Crippen LogP contribution in [-0.2, 0) is 0 Å². The van der Waals surface area contributed by atoms with Crippen molar-refractivity contribution in [2.75, 3.05) is 18.0 Å². The maximum Gasteiger partial charge on any atom is 0.259 e. The average molecular weight is 398 g/mol. The van der Waals surface area contributed by atoms with Crippen molar-refractivity contribution in [3.63, 3.8) is 0 Å². The summed E-state index contributed by atoms with van der Waals surface area (Å²) in [6.07, 6.45) is 3.92. The second kappa shape index (κ2) is 6.64. The van der Waals surface area contributed by atoms with Crippen molar-refractivity contribution in [1.29, 1.82) is 0 Å². The van der Waals surface area contributed by atoms with E-state index >= 15 is 0 Å². The number of anilines is 1. The van der Waals surface area contributed by atoms with Gasteiger partial charge in [-0.1, -0.05) is 34.1 Å². The summed E-state index contributed by atoms with van der Waals surface area (Å²) in [7, 11) is 0. The van der Waals surface area contributed by atoms with Gasteiger partial charge < -0.3 is 4.90 Å². The van der Waals surface area contributed by atoms with Crippen LogP contribution in [0.4, 0.5) is 5.82 Å². The Morgan fingerprint density at radius 1 is 1.12 bits per heavy atom. The summed E-state index contributed by atoms with van der Waals surface area (Å²) in [4.78, 5) is 19.2. The number of fused-ring (bicyclic) bond motifs is 1. The Bertz CT molecular complexity index is 974. The van der Waals surface area contributed by atoms with Crippen LogP contribution in [0.1, 0.15) is 29.9 Å². The molecule has 0 N–H and O–H groups in total. The maximum atomic E-state index is 12.3. The number of nitrogens with zero attached hydrogens (tertiary/aromatic N) is 3. The molecule has 0 unspecified atom stereocenters. The molecule has 0 bridgehead atoms. The van der Waals surface area contributed by atoms with Gasteiger partial charge in [-0.05, 0) is 55.0 Å². The van der Waals surface area contributed by atoms with E-state index in [0.29, 0.717) is 11.6 Å². The van der Waals surface area contributed by atoms with E-state index in [2.05, 4.69) is 50.9 Å². The molecule has 2 aromatic heterocycles. The number of hydrogen-bond donors (Lipinski definition) is 0. The third-order valence-corrected chi connectivity index (χ3v) is 5.92. The average Bonchev–Trinajstić information content (AvgIpc) is 2.64. The molecule has 0 radical (unpaired) electrons. The molecule has 0 spiro atoms. The number of aryl methyl sites for hydroxylation is 1. The topological polar surface area (TPSA) is 37.6 Å². The molecule has 0 saturated carbocycles. The Hall–Kier alpha value is -2.14. The zero-order chi connectivity index (χ0) is 17.4. The van der Waals surface area contributed by atoms with Gasteiger partial charge in [0.15, 0.2) is 0 Å². The summed E-state index contributed by atoms with van der Waals surface area (Å²) in [6.45, 7) is 3.99. The van der Waals surface area contributed by atoms with E-state index in [1.807, 2.05) is 18.2 Å². The largest absolute Gasteiger partial charge is 0.356 e. The molecule has 0 atom stereocenters. The third-order valence-electron chi connectivity index (χ3n) is 5.03. The first-order chi connectivity index (χ1) is 12.1. The summed E-state index contributed by atoms with van der Waals surface area (Å²) in [5.41, 5.74) is 3.37. The lowest BCUT2D eigenvalue weighted by Gasteiger charge is -2.33.